The van der Waals surface area contributed by atoms with Crippen molar-refractivity contribution < 1.29 is 4.79 Å². The van der Waals surface area contributed by atoms with E-state index in [0.717, 1.165) is 41.5 Å². The van der Waals surface area contributed by atoms with Crippen molar-refractivity contribution in [3.05, 3.63) is 39.4 Å². The van der Waals surface area contributed by atoms with Crippen LogP contribution in [0.1, 0.15) is 38.5 Å². The van der Waals surface area contributed by atoms with Gasteiger partial charge in [-0.2, -0.15) is 0 Å². The number of carbonyl (C=O) groups excluding carboxylic acids is 1. The van der Waals surface area contributed by atoms with E-state index in [9.17, 15) is 9.59 Å². The molecule has 4 bridgehead atoms. The molecule has 0 aliphatic heterocycles. The molecule has 1 heterocycles. The van der Waals surface area contributed by atoms with Crippen molar-refractivity contribution >= 4 is 32.7 Å². The monoisotopic (exact) mass is 415 g/mol. The minimum absolute atomic E-state index is 0.0251. The summed E-state index contributed by atoms with van der Waals surface area (Å²) in [6.07, 6.45) is 8.86. The van der Waals surface area contributed by atoms with Gasteiger partial charge in [-0.1, -0.05) is 15.9 Å². The van der Waals surface area contributed by atoms with E-state index in [1.54, 1.807) is 12.1 Å². The zero-order valence-corrected chi connectivity index (χ0v) is 16.2. The molecule has 0 radical (unpaired) electrons. The number of aromatic nitrogens is 2. The molecule has 0 atom stereocenters. The first-order valence-electron chi connectivity index (χ1n) is 9.45. The Morgan fingerprint density at radius 2 is 1.85 bits per heavy atom. The van der Waals surface area contributed by atoms with Crippen LogP contribution in [-0.2, 0) is 11.3 Å². The fourth-order valence-corrected chi connectivity index (χ4v) is 6.36. The zero-order chi connectivity index (χ0) is 17.9. The molecule has 26 heavy (non-hydrogen) atoms. The average molecular weight is 416 g/mol. The summed E-state index contributed by atoms with van der Waals surface area (Å²) in [4.78, 5) is 29.8. The van der Waals surface area contributed by atoms with Crippen LogP contribution in [0.4, 0.5) is 0 Å². The van der Waals surface area contributed by atoms with E-state index in [2.05, 4.69) is 26.2 Å². The van der Waals surface area contributed by atoms with Crippen molar-refractivity contribution in [1.29, 1.82) is 0 Å². The number of hydrogen-bond acceptors (Lipinski definition) is 3. The van der Waals surface area contributed by atoms with Gasteiger partial charge < -0.3 is 5.32 Å². The van der Waals surface area contributed by atoms with Crippen molar-refractivity contribution in [2.45, 2.75) is 50.6 Å². The highest BCUT2D eigenvalue weighted by atomic mass is 79.9. The molecule has 5 nitrogen and oxygen atoms in total. The molecule has 0 spiro atoms. The summed E-state index contributed by atoms with van der Waals surface area (Å²) in [5, 5.41) is 3.86. The summed E-state index contributed by atoms with van der Waals surface area (Å²) in [6.45, 7) is 0.0377. The van der Waals surface area contributed by atoms with Crippen molar-refractivity contribution in [1.82, 2.24) is 14.9 Å². The summed E-state index contributed by atoms with van der Waals surface area (Å²) < 4.78 is 2.25. The first-order chi connectivity index (χ1) is 12.5. The smallest absolute Gasteiger partial charge is 0.261 e. The molecule has 4 fully saturated rings. The van der Waals surface area contributed by atoms with Crippen LogP contribution in [0.15, 0.2) is 33.8 Å². The molecule has 136 valence electrons. The molecule has 2 aromatic rings. The number of amides is 1. The molecule has 4 aliphatic rings. The number of nitrogens with zero attached hydrogens (tertiary/aromatic N) is 2. The standard InChI is InChI=1S/C20H22BrN3O2/c21-15-1-2-17-16(6-15)19(26)24(11-22-17)10-18(25)23-20-7-12-3-13(8-20)5-14(4-12)9-20/h1-2,6,11-14H,3-5,7-10H2,(H,23,25). The van der Waals surface area contributed by atoms with Crippen molar-refractivity contribution in [3.8, 4) is 0 Å². The largest absolute Gasteiger partial charge is 0.349 e. The lowest BCUT2D eigenvalue weighted by Gasteiger charge is -2.56. The molecule has 1 amide bonds. The minimum atomic E-state index is -0.169. The van der Waals surface area contributed by atoms with Gasteiger partial charge in [0.2, 0.25) is 5.91 Å². The van der Waals surface area contributed by atoms with E-state index in [0.29, 0.717) is 10.9 Å². The second-order valence-electron chi connectivity index (χ2n) is 8.59. The second-order valence-corrected chi connectivity index (χ2v) is 9.50. The maximum absolute atomic E-state index is 12.7. The Balaban J connectivity index is 1.37. The van der Waals surface area contributed by atoms with E-state index >= 15 is 0 Å². The van der Waals surface area contributed by atoms with Gasteiger partial charge in [0.05, 0.1) is 17.2 Å². The Hall–Kier alpha value is -1.69. The molecular formula is C20H22BrN3O2. The van der Waals surface area contributed by atoms with Gasteiger partial charge in [0.25, 0.3) is 5.56 Å². The SMILES string of the molecule is O=C(Cn1cnc2ccc(Br)cc2c1=O)NC12CC3CC(CC(C3)C1)C2. The molecule has 6 rings (SSSR count). The van der Waals surface area contributed by atoms with E-state index in [1.165, 1.54) is 30.2 Å². The summed E-state index contributed by atoms with van der Waals surface area (Å²) in [5.41, 5.74) is 0.454. The van der Waals surface area contributed by atoms with E-state index in [4.69, 9.17) is 0 Å². The Morgan fingerprint density at radius 3 is 2.50 bits per heavy atom. The number of carbonyl (C=O) groups is 1. The number of halogens is 1. The van der Waals surface area contributed by atoms with Crippen LogP contribution in [0.3, 0.4) is 0 Å². The third-order valence-electron chi connectivity index (χ3n) is 6.54. The maximum atomic E-state index is 12.7. The highest BCUT2D eigenvalue weighted by molar-refractivity contribution is 9.10. The molecule has 6 heteroatoms. The van der Waals surface area contributed by atoms with Gasteiger partial charge in [-0.3, -0.25) is 14.2 Å². The van der Waals surface area contributed by atoms with E-state index in [1.807, 2.05) is 6.07 Å². The minimum Gasteiger partial charge on any atom is -0.349 e. The fourth-order valence-electron chi connectivity index (χ4n) is 6.00. The van der Waals surface area contributed by atoms with Gasteiger partial charge in [-0.25, -0.2) is 4.98 Å². The number of benzene rings is 1. The van der Waals surface area contributed by atoms with Crippen LogP contribution < -0.4 is 10.9 Å². The topological polar surface area (TPSA) is 64.0 Å². The fraction of sp³-hybridized carbons (Fsp3) is 0.550. The number of fused-ring (bicyclic) bond motifs is 1. The summed E-state index contributed by atoms with van der Waals surface area (Å²) in [6, 6.07) is 5.43. The van der Waals surface area contributed by atoms with Crippen LogP contribution in [0.5, 0.6) is 0 Å². The molecule has 4 saturated carbocycles. The summed E-state index contributed by atoms with van der Waals surface area (Å²) >= 11 is 3.39. The van der Waals surface area contributed by atoms with Gasteiger partial charge >= 0.3 is 0 Å². The highest BCUT2D eigenvalue weighted by Gasteiger charge is 2.51. The predicted octanol–water partition coefficient (Wildman–Crippen LogP) is 3.24. The first-order valence-corrected chi connectivity index (χ1v) is 10.2. The van der Waals surface area contributed by atoms with E-state index in [-0.39, 0.29) is 23.6 Å². The maximum Gasteiger partial charge on any atom is 0.261 e. The molecule has 4 aliphatic carbocycles. The van der Waals surface area contributed by atoms with Gasteiger partial charge in [0, 0.05) is 10.0 Å². The molecular weight excluding hydrogens is 394 g/mol. The Kier molecular flexibility index (Phi) is 3.75. The molecule has 0 saturated heterocycles. The normalized spacial score (nSPS) is 32.1. The predicted molar refractivity (Wildman–Crippen MR) is 103 cm³/mol. The first kappa shape index (κ1) is 16.5. The molecule has 1 N–H and O–H groups in total. The second kappa shape index (κ2) is 5.91. The van der Waals surface area contributed by atoms with Gasteiger partial charge in [-0.05, 0) is 74.5 Å². The zero-order valence-electron chi connectivity index (χ0n) is 14.6. The van der Waals surface area contributed by atoms with Crippen molar-refractivity contribution in [2.24, 2.45) is 17.8 Å². The van der Waals surface area contributed by atoms with Crippen LogP contribution in [-0.4, -0.2) is 21.0 Å². The van der Waals surface area contributed by atoms with E-state index < -0.39 is 0 Å². The lowest BCUT2D eigenvalue weighted by atomic mass is 9.53. The molecule has 1 aromatic carbocycles. The highest BCUT2D eigenvalue weighted by Crippen LogP contribution is 2.55. The van der Waals surface area contributed by atoms with Crippen molar-refractivity contribution in [2.75, 3.05) is 0 Å². The Labute approximate surface area is 160 Å². The number of hydrogen-bond donors (Lipinski definition) is 1. The third-order valence-corrected chi connectivity index (χ3v) is 7.04. The summed E-state index contributed by atoms with van der Waals surface area (Å²) in [5.74, 6) is 2.28. The van der Waals surface area contributed by atoms with Gasteiger partial charge in [-0.15, -0.1) is 0 Å². The quantitative estimate of drug-likeness (QED) is 0.836. The summed E-state index contributed by atoms with van der Waals surface area (Å²) in [7, 11) is 0. The van der Waals surface area contributed by atoms with Crippen LogP contribution in [0.2, 0.25) is 0 Å². The Bertz CT molecular complexity index is 916. The van der Waals surface area contributed by atoms with Gasteiger partial charge in [0.15, 0.2) is 0 Å². The number of rotatable bonds is 3. The lowest BCUT2D eigenvalue weighted by Crippen LogP contribution is -2.60. The molecule has 0 unspecified atom stereocenters. The van der Waals surface area contributed by atoms with Crippen LogP contribution in [0.25, 0.3) is 10.9 Å². The molecule has 1 aromatic heterocycles. The number of nitrogens with one attached hydrogen (secondary N) is 1. The van der Waals surface area contributed by atoms with Gasteiger partial charge in [0.1, 0.15) is 6.54 Å². The third kappa shape index (κ3) is 2.79. The van der Waals surface area contributed by atoms with Crippen LogP contribution >= 0.6 is 15.9 Å². The lowest BCUT2D eigenvalue weighted by molar-refractivity contribution is -0.127. The average Bonchev–Trinajstić information content (AvgIpc) is 2.56. The Morgan fingerprint density at radius 1 is 1.19 bits per heavy atom. The van der Waals surface area contributed by atoms with Crippen LogP contribution in [0, 0.1) is 17.8 Å². The van der Waals surface area contributed by atoms with Crippen molar-refractivity contribution in [3.63, 3.8) is 0 Å².